The average molecular weight is 675 g/mol. The summed E-state index contributed by atoms with van der Waals surface area (Å²) in [6.45, 7) is 4.59. The van der Waals surface area contributed by atoms with Crippen LogP contribution in [-0.4, -0.2) is 7.85 Å². The van der Waals surface area contributed by atoms with Crippen LogP contribution in [0.4, 0.5) is 0 Å². The fraction of sp³-hybridized carbons (Fsp3) is 0.520. The van der Waals surface area contributed by atoms with Crippen molar-refractivity contribution in [1.29, 1.82) is 0 Å². The number of rotatable bonds is 10. The van der Waals surface area contributed by atoms with Crippen molar-refractivity contribution in [3.8, 4) is 11.1 Å². The fourth-order valence-corrected chi connectivity index (χ4v) is 6.17. The molecule has 0 fully saturated rings. The van der Waals surface area contributed by atoms with E-state index in [2.05, 4.69) is 99.2 Å². The van der Waals surface area contributed by atoms with Crippen LogP contribution >= 0.6 is 61.1 Å². The molecule has 0 spiro atoms. The summed E-state index contributed by atoms with van der Waals surface area (Å²) in [6.07, 6.45) is 13.0. The van der Waals surface area contributed by atoms with Gasteiger partial charge in [0.2, 0.25) is 0 Å². The molecule has 4 heteroatoms. The minimum atomic E-state index is 0.139. The second kappa shape index (κ2) is 10.8. The van der Waals surface area contributed by atoms with Crippen LogP contribution in [0.25, 0.3) is 11.1 Å². The van der Waals surface area contributed by atoms with E-state index in [0.717, 1.165) is 5.46 Å². The molecule has 2 aromatic rings. The third kappa shape index (κ3) is 5.10. The monoisotopic (exact) mass is 674 g/mol. The van der Waals surface area contributed by atoms with Crippen LogP contribution in [0.3, 0.4) is 0 Å². The van der Waals surface area contributed by atoms with Crippen LogP contribution in [0.1, 0.15) is 89.2 Å². The van der Waals surface area contributed by atoms with Crippen molar-refractivity contribution in [2.45, 2.75) is 83.5 Å². The molecule has 0 unspecified atom stereocenters. The van der Waals surface area contributed by atoms with Gasteiger partial charge in [-0.3, -0.25) is 0 Å². The van der Waals surface area contributed by atoms with E-state index in [1.807, 2.05) is 0 Å². The Morgan fingerprint density at radius 3 is 1.83 bits per heavy atom. The number of hydrogen-bond acceptors (Lipinski definition) is 0. The Morgan fingerprint density at radius 1 is 0.759 bits per heavy atom. The van der Waals surface area contributed by atoms with Gasteiger partial charge in [-0.2, -0.15) is 0 Å². The van der Waals surface area contributed by atoms with Crippen molar-refractivity contribution in [1.82, 2.24) is 0 Å². The highest BCUT2D eigenvalue weighted by molar-refractivity contribution is 14.1. The summed E-state index contributed by atoms with van der Waals surface area (Å²) < 4.78 is 3.69. The molecule has 1 aliphatic carbocycles. The standard InChI is InChI=1S/C25H30BBrI2/c1-3-5-7-9-11-25(12-10-8-6-4-2)19-15-23(28)21(26)13-17(19)18-14-22(27)24(29)16-20(18)25/h13-16H,3-12H2,1-2H3. The van der Waals surface area contributed by atoms with Gasteiger partial charge in [0.05, 0.1) is 0 Å². The Hall–Kier alpha value is 0.445. The van der Waals surface area contributed by atoms with Gasteiger partial charge in [0.25, 0.3) is 0 Å². The van der Waals surface area contributed by atoms with Gasteiger partial charge in [-0.1, -0.05) is 76.7 Å². The van der Waals surface area contributed by atoms with Gasteiger partial charge in [0.1, 0.15) is 7.85 Å². The zero-order valence-electron chi connectivity index (χ0n) is 17.6. The van der Waals surface area contributed by atoms with Gasteiger partial charge in [0.15, 0.2) is 0 Å². The maximum absolute atomic E-state index is 6.37. The third-order valence-electron chi connectivity index (χ3n) is 6.43. The molecule has 0 aromatic heterocycles. The van der Waals surface area contributed by atoms with Crippen LogP contribution in [0.2, 0.25) is 0 Å². The molecule has 1 aliphatic rings. The van der Waals surface area contributed by atoms with Crippen LogP contribution in [0, 0.1) is 7.14 Å². The normalized spacial score (nSPS) is 14.1. The van der Waals surface area contributed by atoms with E-state index in [1.54, 1.807) is 0 Å². The fourth-order valence-electron chi connectivity index (χ4n) is 4.89. The van der Waals surface area contributed by atoms with Crippen molar-refractivity contribution in [3.63, 3.8) is 0 Å². The summed E-state index contributed by atoms with van der Waals surface area (Å²) in [4.78, 5) is 0. The number of halogens is 3. The molecule has 0 amide bonds. The zero-order valence-corrected chi connectivity index (χ0v) is 23.5. The average Bonchev–Trinajstić information content (AvgIpc) is 2.93. The highest BCUT2D eigenvalue weighted by atomic mass is 127. The van der Waals surface area contributed by atoms with Crippen LogP contribution in [0.15, 0.2) is 28.7 Å². The molecule has 0 heterocycles. The van der Waals surface area contributed by atoms with Crippen molar-refractivity contribution in [2.75, 3.05) is 0 Å². The lowest BCUT2D eigenvalue weighted by Crippen LogP contribution is -2.26. The van der Waals surface area contributed by atoms with Gasteiger partial charge in [0, 0.05) is 17.0 Å². The molecular weight excluding hydrogens is 645 g/mol. The molecule has 0 atom stereocenters. The Bertz CT molecular complexity index is 791. The van der Waals surface area contributed by atoms with Crippen molar-refractivity contribution in [2.24, 2.45) is 0 Å². The number of unbranched alkanes of at least 4 members (excludes halogenated alkanes) is 6. The quantitative estimate of drug-likeness (QED) is 0.135. The maximum Gasteiger partial charge on any atom is 0.115 e. The van der Waals surface area contributed by atoms with Crippen LogP contribution < -0.4 is 5.46 Å². The van der Waals surface area contributed by atoms with E-state index in [4.69, 9.17) is 7.85 Å². The summed E-state index contributed by atoms with van der Waals surface area (Å²) in [6, 6.07) is 9.41. The zero-order chi connectivity index (χ0) is 21.0. The van der Waals surface area contributed by atoms with Gasteiger partial charge in [-0.25, -0.2) is 0 Å². The lowest BCUT2D eigenvalue weighted by molar-refractivity contribution is 0.400. The Balaban J connectivity index is 2.11. The molecule has 0 aliphatic heterocycles. The second-order valence-electron chi connectivity index (χ2n) is 8.43. The molecule has 154 valence electrons. The van der Waals surface area contributed by atoms with E-state index >= 15 is 0 Å². The maximum atomic E-state index is 6.37. The van der Waals surface area contributed by atoms with E-state index in [0.29, 0.717) is 0 Å². The summed E-state index contributed by atoms with van der Waals surface area (Å²) in [7, 11) is 6.37. The largest absolute Gasteiger partial charge is 0.115 e. The Labute approximate surface area is 214 Å². The first-order chi connectivity index (χ1) is 13.9. The lowest BCUT2D eigenvalue weighted by atomic mass is 9.70. The minimum Gasteiger partial charge on any atom is -0.0829 e. The topological polar surface area (TPSA) is 0 Å². The molecule has 29 heavy (non-hydrogen) atoms. The summed E-state index contributed by atoms with van der Waals surface area (Å²) >= 11 is 8.67. The predicted molar refractivity (Wildman–Crippen MR) is 149 cm³/mol. The van der Waals surface area contributed by atoms with Crippen molar-refractivity contribution in [3.05, 3.63) is 47.0 Å². The van der Waals surface area contributed by atoms with E-state index in [-0.39, 0.29) is 5.41 Å². The van der Waals surface area contributed by atoms with Gasteiger partial charge in [-0.05, 0) is 114 Å². The van der Waals surface area contributed by atoms with E-state index in [9.17, 15) is 0 Å². The highest BCUT2D eigenvalue weighted by Gasteiger charge is 2.42. The Kier molecular flexibility index (Phi) is 9.01. The molecule has 0 nitrogen and oxygen atoms in total. The van der Waals surface area contributed by atoms with Crippen molar-refractivity contribution >= 4 is 74.4 Å². The van der Waals surface area contributed by atoms with Crippen LogP contribution in [-0.2, 0) is 5.41 Å². The first-order valence-electron chi connectivity index (χ1n) is 11.0. The van der Waals surface area contributed by atoms with Crippen LogP contribution in [0.5, 0.6) is 0 Å². The van der Waals surface area contributed by atoms with E-state index in [1.165, 1.54) is 98.1 Å². The Morgan fingerprint density at radius 2 is 1.28 bits per heavy atom. The summed E-state index contributed by atoms with van der Waals surface area (Å²) in [5.74, 6) is 0. The molecule has 0 bridgehead atoms. The first kappa shape index (κ1) is 24.1. The molecule has 2 radical (unpaired) electrons. The second-order valence-corrected chi connectivity index (χ2v) is 11.6. The smallest absolute Gasteiger partial charge is 0.0829 e. The number of hydrogen-bond donors (Lipinski definition) is 0. The predicted octanol–water partition coefficient (Wildman–Crippen LogP) is 8.66. The van der Waals surface area contributed by atoms with Gasteiger partial charge >= 0.3 is 0 Å². The van der Waals surface area contributed by atoms with Crippen molar-refractivity contribution < 1.29 is 0 Å². The first-order valence-corrected chi connectivity index (χ1v) is 14.0. The highest BCUT2D eigenvalue weighted by Crippen LogP contribution is 2.55. The summed E-state index contributed by atoms with van der Waals surface area (Å²) in [5, 5.41) is 0. The third-order valence-corrected chi connectivity index (χ3v) is 9.66. The molecule has 0 saturated carbocycles. The number of fused-ring (bicyclic) bond motifs is 3. The van der Waals surface area contributed by atoms with E-state index < -0.39 is 0 Å². The minimum absolute atomic E-state index is 0.139. The van der Waals surface area contributed by atoms with Gasteiger partial charge in [-0.15, -0.1) is 0 Å². The SMILES string of the molecule is [B]c1cc2c(cc1I)C(CCCCCC)(CCCCCC)c1cc(I)c(Br)cc1-2. The molecule has 0 N–H and O–H groups in total. The van der Waals surface area contributed by atoms with Gasteiger partial charge < -0.3 is 0 Å². The molecular formula is C25H30BBrI2. The number of benzene rings is 2. The molecule has 0 saturated heterocycles. The lowest BCUT2D eigenvalue weighted by Gasteiger charge is -2.33. The molecule has 2 aromatic carbocycles. The summed E-state index contributed by atoms with van der Waals surface area (Å²) in [5.41, 5.74) is 6.85. The molecule has 3 rings (SSSR count).